The number of ketones is 1. The number of amides is 1. The van der Waals surface area contributed by atoms with Gasteiger partial charge in [0.15, 0.2) is 11.4 Å². The van der Waals surface area contributed by atoms with Gasteiger partial charge in [0.25, 0.3) is 0 Å². The van der Waals surface area contributed by atoms with Crippen LogP contribution in [0.4, 0.5) is 9.18 Å². The number of carbonyl (C=O) groups excluding carboxylic acids is 2. The van der Waals surface area contributed by atoms with E-state index in [1.165, 1.54) is 43.0 Å². The fraction of sp³-hybridized carbons (Fsp3) is 0.344. The number of Topliss-reactive ketones (excluding diaryl/α,β-unsaturated/α-hetero) is 1. The molecule has 41 heavy (non-hydrogen) atoms. The fourth-order valence-electron chi connectivity index (χ4n) is 5.08. The maximum Gasteiger partial charge on any atom is 0.415 e. The van der Waals surface area contributed by atoms with Crippen molar-refractivity contribution in [3.8, 4) is 11.5 Å². The molecule has 0 radical (unpaired) electrons. The Morgan fingerprint density at radius 2 is 1.61 bits per heavy atom. The minimum absolute atomic E-state index is 0.0451. The number of carboxylic acid groups (broad SMARTS) is 1. The van der Waals surface area contributed by atoms with Crippen molar-refractivity contribution in [2.24, 2.45) is 11.8 Å². The molecule has 2 atom stereocenters. The molecule has 4 rings (SSSR count). The number of likely N-dealkylation sites (tertiary alicyclic amines) is 1. The molecule has 0 bridgehead atoms. The SMILES string of the molecule is CSc1ccc(C(=O)[C@H]2CN(C(=O)Oc3ccc(F)cc3)C[C@@H]2Cc2cc(C)c(OC(C)(C)C(=O)O)c(C)c2)cc1. The maximum absolute atomic E-state index is 13.7. The summed E-state index contributed by atoms with van der Waals surface area (Å²) in [5.41, 5.74) is 1.72. The lowest BCUT2D eigenvalue weighted by Crippen LogP contribution is -2.38. The van der Waals surface area contributed by atoms with Crippen LogP contribution in [0.2, 0.25) is 0 Å². The Hall–Kier alpha value is -3.85. The van der Waals surface area contributed by atoms with Crippen LogP contribution in [0.3, 0.4) is 0 Å². The minimum atomic E-state index is -1.39. The van der Waals surface area contributed by atoms with Gasteiger partial charge in [-0.15, -0.1) is 11.8 Å². The van der Waals surface area contributed by atoms with Crippen molar-refractivity contribution in [1.29, 1.82) is 0 Å². The quantitative estimate of drug-likeness (QED) is 0.226. The smallest absolute Gasteiger partial charge is 0.415 e. The highest BCUT2D eigenvalue weighted by atomic mass is 32.2. The standard InChI is InChI=1S/C32H34FNO6S/c1-19-14-21(15-20(2)29(19)40-32(3,4)30(36)37)16-23-17-34(31(38)39-25-10-8-24(33)9-11-25)18-27(23)28(35)22-6-12-26(41-5)13-7-22/h6-15,23,27H,16-18H2,1-5H3,(H,36,37)/t23-,27-/m0/s1. The predicted octanol–water partition coefficient (Wildman–Crippen LogP) is 6.58. The Morgan fingerprint density at radius 3 is 2.17 bits per heavy atom. The Bertz CT molecular complexity index is 1410. The summed E-state index contributed by atoms with van der Waals surface area (Å²) in [4.78, 5) is 40.9. The number of aryl methyl sites for hydroxylation is 2. The molecule has 1 N–H and O–H groups in total. The molecule has 1 amide bonds. The first-order valence-corrected chi connectivity index (χ1v) is 14.5. The average molecular weight is 580 g/mol. The van der Waals surface area contributed by atoms with E-state index in [1.54, 1.807) is 11.8 Å². The Labute approximate surface area is 243 Å². The molecule has 9 heteroatoms. The van der Waals surface area contributed by atoms with Gasteiger partial charge in [0, 0.05) is 29.5 Å². The van der Waals surface area contributed by atoms with E-state index in [2.05, 4.69) is 0 Å². The lowest BCUT2D eigenvalue weighted by molar-refractivity contribution is -0.152. The molecule has 7 nitrogen and oxygen atoms in total. The van der Waals surface area contributed by atoms with Crippen molar-refractivity contribution in [1.82, 2.24) is 4.90 Å². The van der Waals surface area contributed by atoms with Crippen LogP contribution >= 0.6 is 11.8 Å². The number of benzene rings is 3. The number of aliphatic carboxylic acids is 1. The summed E-state index contributed by atoms with van der Waals surface area (Å²) in [7, 11) is 0. The van der Waals surface area contributed by atoms with E-state index in [0.29, 0.717) is 24.3 Å². The van der Waals surface area contributed by atoms with Crippen LogP contribution in [0.15, 0.2) is 65.6 Å². The van der Waals surface area contributed by atoms with Crippen LogP contribution in [0.1, 0.15) is 40.9 Å². The predicted molar refractivity (Wildman–Crippen MR) is 155 cm³/mol. The summed E-state index contributed by atoms with van der Waals surface area (Å²) in [6.07, 6.45) is 1.89. The van der Waals surface area contributed by atoms with E-state index in [1.807, 2.05) is 56.5 Å². The number of nitrogens with zero attached hydrogens (tertiary/aromatic N) is 1. The van der Waals surface area contributed by atoms with E-state index >= 15 is 0 Å². The molecule has 1 aliphatic rings. The number of rotatable bonds is 9. The maximum atomic E-state index is 13.7. The number of carboxylic acids is 1. The van der Waals surface area contributed by atoms with Crippen LogP contribution in [0, 0.1) is 31.5 Å². The number of thioether (sulfide) groups is 1. The highest BCUT2D eigenvalue weighted by molar-refractivity contribution is 7.98. The van der Waals surface area contributed by atoms with Crippen LogP contribution in [-0.4, -0.2) is 52.8 Å². The van der Waals surface area contributed by atoms with Gasteiger partial charge in [-0.3, -0.25) is 4.79 Å². The molecule has 1 aliphatic heterocycles. The first-order chi connectivity index (χ1) is 19.4. The molecular formula is C32H34FNO6S. The average Bonchev–Trinajstić information content (AvgIpc) is 3.35. The normalized spacial score (nSPS) is 16.9. The first-order valence-electron chi connectivity index (χ1n) is 13.3. The van der Waals surface area contributed by atoms with Gasteiger partial charge in [-0.25, -0.2) is 14.0 Å². The van der Waals surface area contributed by atoms with Gasteiger partial charge >= 0.3 is 12.1 Å². The highest BCUT2D eigenvalue weighted by Gasteiger charge is 2.41. The van der Waals surface area contributed by atoms with E-state index in [9.17, 15) is 23.9 Å². The van der Waals surface area contributed by atoms with E-state index in [-0.39, 0.29) is 24.0 Å². The van der Waals surface area contributed by atoms with Crippen molar-refractivity contribution >= 4 is 29.6 Å². The third kappa shape index (κ3) is 7.08. The van der Waals surface area contributed by atoms with Crippen LogP contribution in [0.25, 0.3) is 0 Å². The van der Waals surface area contributed by atoms with Gasteiger partial charge in [-0.2, -0.15) is 0 Å². The summed E-state index contributed by atoms with van der Waals surface area (Å²) in [5, 5.41) is 9.49. The van der Waals surface area contributed by atoms with Crippen molar-refractivity contribution < 1.29 is 33.4 Å². The third-order valence-corrected chi connectivity index (χ3v) is 8.06. The molecule has 0 aliphatic carbocycles. The summed E-state index contributed by atoms with van der Waals surface area (Å²) >= 11 is 1.59. The molecule has 0 saturated carbocycles. The third-order valence-electron chi connectivity index (χ3n) is 7.32. The van der Waals surface area contributed by atoms with Gasteiger partial charge in [0.1, 0.15) is 17.3 Å². The molecule has 3 aromatic carbocycles. The number of hydrogen-bond acceptors (Lipinski definition) is 6. The lowest BCUT2D eigenvalue weighted by Gasteiger charge is -2.25. The van der Waals surface area contributed by atoms with Gasteiger partial charge < -0.3 is 19.5 Å². The van der Waals surface area contributed by atoms with Gasteiger partial charge in [-0.1, -0.05) is 24.3 Å². The van der Waals surface area contributed by atoms with Crippen LogP contribution < -0.4 is 9.47 Å². The first kappa shape index (κ1) is 30.1. The van der Waals surface area contributed by atoms with Crippen molar-refractivity contribution in [2.75, 3.05) is 19.3 Å². The zero-order valence-corrected chi connectivity index (χ0v) is 24.6. The van der Waals surface area contributed by atoms with Crippen molar-refractivity contribution in [2.45, 2.75) is 44.6 Å². The van der Waals surface area contributed by atoms with Gasteiger partial charge in [-0.05, 0) is 99.4 Å². The second-order valence-corrected chi connectivity index (χ2v) is 11.7. The number of hydrogen-bond donors (Lipinski definition) is 1. The molecule has 1 heterocycles. The van der Waals surface area contributed by atoms with Crippen LogP contribution in [0.5, 0.6) is 11.5 Å². The Balaban J connectivity index is 1.59. The Kier molecular flexibility index (Phi) is 9.07. The largest absolute Gasteiger partial charge is 0.478 e. The second-order valence-electron chi connectivity index (χ2n) is 10.9. The molecule has 1 saturated heterocycles. The summed E-state index contributed by atoms with van der Waals surface area (Å²) in [6.45, 7) is 7.23. The molecule has 1 fully saturated rings. The van der Waals surface area contributed by atoms with E-state index in [4.69, 9.17) is 9.47 Å². The van der Waals surface area contributed by atoms with Crippen LogP contribution in [-0.2, 0) is 11.2 Å². The van der Waals surface area contributed by atoms with Crippen molar-refractivity contribution in [3.05, 3.63) is 88.7 Å². The minimum Gasteiger partial charge on any atom is -0.478 e. The van der Waals surface area contributed by atoms with Gasteiger partial charge in [0.2, 0.25) is 0 Å². The van der Waals surface area contributed by atoms with E-state index < -0.39 is 29.4 Å². The Morgan fingerprint density at radius 1 is 1.00 bits per heavy atom. The molecule has 216 valence electrons. The van der Waals surface area contributed by atoms with Gasteiger partial charge in [0.05, 0.1) is 0 Å². The lowest BCUT2D eigenvalue weighted by atomic mass is 9.84. The number of carbonyl (C=O) groups is 3. The second kappa shape index (κ2) is 12.3. The summed E-state index contributed by atoms with van der Waals surface area (Å²) in [6, 6.07) is 16.5. The van der Waals surface area contributed by atoms with E-state index in [0.717, 1.165) is 21.6 Å². The zero-order valence-electron chi connectivity index (χ0n) is 23.8. The molecule has 3 aromatic rings. The molecule has 0 spiro atoms. The fourth-order valence-corrected chi connectivity index (χ4v) is 5.49. The number of ether oxygens (including phenoxy) is 2. The summed E-state index contributed by atoms with van der Waals surface area (Å²) < 4.78 is 24.6. The molecule has 0 aromatic heterocycles. The molecular weight excluding hydrogens is 545 g/mol. The zero-order chi connectivity index (χ0) is 29.9. The van der Waals surface area contributed by atoms with Crippen molar-refractivity contribution in [3.63, 3.8) is 0 Å². The molecule has 0 unspecified atom stereocenters. The topological polar surface area (TPSA) is 93.1 Å². The summed E-state index contributed by atoms with van der Waals surface area (Å²) in [5.74, 6) is -1.46. The monoisotopic (exact) mass is 579 g/mol. The highest BCUT2D eigenvalue weighted by Crippen LogP contribution is 2.34. The number of halogens is 1.